The summed E-state index contributed by atoms with van der Waals surface area (Å²) in [6, 6.07) is 0.0129. The number of ether oxygens (including phenoxy) is 1. The molecule has 0 saturated heterocycles. The molecule has 0 aliphatic rings. The van der Waals surface area contributed by atoms with Gasteiger partial charge in [-0.3, -0.25) is 0 Å². The van der Waals surface area contributed by atoms with Crippen LogP contribution in [0.4, 0.5) is 0 Å². The number of benzene rings is 1. The third-order valence-electron chi connectivity index (χ3n) is 3.73. The molecule has 3 N–H and O–H groups in total. The second-order valence-corrected chi connectivity index (χ2v) is 5.78. The first-order chi connectivity index (χ1) is 8.95. The summed E-state index contributed by atoms with van der Waals surface area (Å²) in [5.74, 6) is 0.940. The van der Waals surface area contributed by atoms with Crippen molar-refractivity contribution in [3.05, 3.63) is 26.7 Å². The van der Waals surface area contributed by atoms with Crippen LogP contribution in [-0.4, -0.2) is 20.7 Å². The van der Waals surface area contributed by atoms with E-state index in [9.17, 15) is 0 Å². The maximum absolute atomic E-state index is 6.37. The summed E-state index contributed by atoms with van der Waals surface area (Å²) in [5.41, 5.74) is 11.1. The predicted molar refractivity (Wildman–Crippen MR) is 85.0 cm³/mol. The maximum atomic E-state index is 6.37. The van der Waals surface area contributed by atoms with E-state index >= 15 is 0 Å². The summed E-state index contributed by atoms with van der Waals surface area (Å²) in [6.07, 6.45) is 2.01. The molecule has 3 nitrogen and oxygen atoms in total. The largest absolute Gasteiger partial charge is 0.496 e. The number of hydrogen-bond donors (Lipinski definition) is 2. The lowest BCUT2D eigenvalue weighted by Crippen LogP contribution is -2.17. The van der Waals surface area contributed by atoms with Crippen LogP contribution in [0.15, 0.2) is 4.47 Å². The van der Waals surface area contributed by atoms with Gasteiger partial charge in [0.2, 0.25) is 0 Å². The molecule has 0 amide bonds. The SMILES string of the molecule is CNCCCC(N)c1c(C)c(Br)c(C)c(C)c1OC. The first kappa shape index (κ1) is 16.5. The van der Waals surface area contributed by atoms with Crippen LogP contribution in [0.25, 0.3) is 0 Å². The molecule has 0 spiro atoms. The van der Waals surface area contributed by atoms with Crippen LogP contribution in [-0.2, 0) is 0 Å². The monoisotopic (exact) mass is 328 g/mol. The first-order valence-corrected chi connectivity index (χ1v) is 7.48. The smallest absolute Gasteiger partial charge is 0.127 e. The van der Waals surface area contributed by atoms with Gasteiger partial charge in [-0.2, -0.15) is 0 Å². The summed E-state index contributed by atoms with van der Waals surface area (Å²) in [4.78, 5) is 0. The van der Waals surface area contributed by atoms with Crippen molar-refractivity contribution in [1.82, 2.24) is 5.32 Å². The minimum Gasteiger partial charge on any atom is -0.496 e. The highest BCUT2D eigenvalue weighted by Crippen LogP contribution is 2.39. The van der Waals surface area contributed by atoms with E-state index < -0.39 is 0 Å². The molecule has 19 heavy (non-hydrogen) atoms. The van der Waals surface area contributed by atoms with E-state index in [1.54, 1.807) is 7.11 Å². The van der Waals surface area contributed by atoms with Gasteiger partial charge < -0.3 is 15.8 Å². The molecule has 4 heteroatoms. The highest BCUT2D eigenvalue weighted by molar-refractivity contribution is 9.10. The van der Waals surface area contributed by atoms with Crippen LogP contribution in [0, 0.1) is 20.8 Å². The molecule has 1 aromatic carbocycles. The van der Waals surface area contributed by atoms with Crippen molar-refractivity contribution in [2.24, 2.45) is 5.73 Å². The second kappa shape index (κ2) is 7.27. The van der Waals surface area contributed by atoms with Crippen LogP contribution in [0.1, 0.15) is 41.1 Å². The molecule has 0 fully saturated rings. The zero-order valence-electron chi connectivity index (χ0n) is 12.6. The number of hydrogen-bond acceptors (Lipinski definition) is 3. The van der Waals surface area contributed by atoms with Gasteiger partial charge in [0.15, 0.2) is 0 Å². The lowest BCUT2D eigenvalue weighted by Gasteiger charge is -2.23. The molecule has 0 aliphatic heterocycles. The number of rotatable bonds is 6. The van der Waals surface area contributed by atoms with E-state index in [0.717, 1.165) is 35.2 Å². The molecular formula is C15H25BrN2O. The lowest BCUT2D eigenvalue weighted by molar-refractivity contribution is 0.399. The Bertz CT molecular complexity index is 447. The molecule has 1 unspecified atom stereocenters. The van der Waals surface area contributed by atoms with Gasteiger partial charge in [0.25, 0.3) is 0 Å². The van der Waals surface area contributed by atoms with E-state index in [4.69, 9.17) is 10.5 Å². The summed E-state index contributed by atoms with van der Waals surface area (Å²) < 4.78 is 6.75. The topological polar surface area (TPSA) is 47.3 Å². The number of nitrogens with one attached hydrogen (secondary N) is 1. The third kappa shape index (κ3) is 3.50. The minimum absolute atomic E-state index is 0.0129. The zero-order valence-corrected chi connectivity index (χ0v) is 14.1. The van der Waals surface area contributed by atoms with Crippen molar-refractivity contribution >= 4 is 15.9 Å². The molecule has 0 heterocycles. The fourth-order valence-corrected chi connectivity index (χ4v) is 2.97. The molecule has 0 radical (unpaired) electrons. The van der Waals surface area contributed by atoms with Crippen LogP contribution < -0.4 is 15.8 Å². The van der Waals surface area contributed by atoms with Gasteiger partial charge in [-0.15, -0.1) is 0 Å². The molecule has 1 atom stereocenters. The van der Waals surface area contributed by atoms with Crippen molar-refractivity contribution in [3.8, 4) is 5.75 Å². The van der Waals surface area contributed by atoms with Crippen molar-refractivity contribution in [2.45, 2.75) is 39.7 Å². The second-order valence-electron chi connectivity index (χ2n) is 4.99. The van der Waals surface area contributed by atoms with Gasteiger partial charge in [-0.05, 0) is 63.9 Å². The fourth-order valence-electron chi connectivity index (χ4n) is 2.46. The minimum atomic E-state index is 0.0129. The molecule has 1 aromatic rings. The van der Waals surface area contributed by atoms with E-state index in [-0.39, 0.29) is 6.04 Å². The van der Waals surface area contributed by atoms with Gasteiger partial charge in [0.1, 0.15) is 5.75 Å². The van der Waals surface area contributed by atoms with Crippen molar-refractivity contribution in [2.75, 3.05) is 20.7 Å². The van der Waals surface area contributed by atoms with Crippen molar-refractivity contribution in [3.63, 3.8) is 0 Å². The Labute approximate surface area is 125 Å². The Morgan fingerprint density at radius 3 is 2.37 bits per heavy atom. The van der Waals surface area contributed by atoms with Gasteiger partial charge in [-0.25, -0.2) is 0 Å². The van der Waals surface area contributed by atoms with E-state index in [1.807, 2.05) is 7.05 Å². The Hall–Kier alpha value is -0.580. The van der Waals surface area contributed by atoms with E-state index in [0.29, 0.717) is 0 Å². The Morgan fingerprint density at radius 1 is 1.21 bits per heavy atom. The third-order valence-corrected chi connectivity index (χ3v) is 4.92. The van der Waals surface area contributed by atoms with Crippen LogP contribution in [0.5, 0.6) is 5.75 Å². The Morgan fingerprint density at radius 2 is 1.84 bits per heavy atom. The average Bonchev–Trinajstić information content (AvgIpc) is 2.40. The summed E-state index contributed by atoms with van der Waals surface area (Å²) >= 11 is 3.67. The van der Waals surface area contributed by atoms with Crippen LogP contribution in [0.3, 0.4) is 0 Å². The van der Waals surface area contributed by atoms with Crippen LogP contribution >= 0.6 is 15.9 Å². The molecule has 1 rings (SSSR count). The molecular weight excluding hydrogens is 304 g/mol. The molecule has 0 aliphatic carbocycles. The lowest BCUT2D eigenvalue weighted by atomic mass is 9.92. The Kier molecular flexibility index (Phi) is 6.30. The predicted octanol–water partition coefficient (Wildman–Crippen LogP) is 3.38. The summed E-state index contributed by atoms with van der Waals surface area (Å²) in [5, 5.41) is 3.15. The Balaban J connectivity index is 3.18. The number of halogens is 1. The van der Waals surface area contributed by atoms with Gasteiger partial charge >= 0.3 is 0 Å². The van der Waals surface area contributed by atoms with Crippen LogP contribution in [0.2, 0.25) is 0 Å². The average molecular weight is 329 g/mol. The fraction of sp³-hybridized carbons (Fsp3) is 0.600. The molecule has 0 saturated carbocycles. The van der Waals surface area contributed by atoms with E-state index in [1.165, 1.54) is 16.7 Å². The van der Waals surface area contributed by atoms with Crippen molar-refractivity contribution in [1.29, 1.82) is 0 Å². The standard InChI is InChI=1S/C15H25BrN2O/c1-9-10(2)15(19-5)13(11(3)14(9)16)12(17)7-6-8-18-4/h12,18H,6-8,17H2,1-5H3. The van der Waals surface area contributed by atoms with E-state index in [2.05, 4.69) is 42.0 Å². The normalized spacial score (nSPS) is 12.6. The first-order valence-electron chi connectivity index (χ1n) is 6.69. The highest BCUT2D eigenvalue weighted by atomic mass is 79.9. The number of nitrogens with two attached hydrogens (primary N) is 1. The molecule has 0 aromatic heterocycles. The quantitative estimate of drug-likeness (QED) is 0.787. The van der Waals surface area contributed by atoms with Crippen molar-refractivity contribution < 1.29 is 4.74 Å². The summed E-state index contributed by atoms with van der Waals surface area (Å²) in [6.45, 7) is 7.28. The molecule has 108 valence electrons. The maximum Gasteiger partial charge on any atom is 0.127 e. The van der Waals surface area contributed by atoms with Gasteiger partial charge in [0, 0.05) is 16.1 Å². The zero-order chi connectivity index (χ0) is 14.6. The highest BCUT2D eigenvalue weighted by Gasteiger charge is 2.21. The summed E-state index contributed by atoms with van der Waals surface area (Å²) in [7, 11) is 3.68. The number of methoxy groups -OCH3 is 1. The van der Waals surface area contributed by atoms with Gasteiger partial charge in [-0.1, -0.05) is 15.9 Å². The van der Waals surface area contributed by atoms with Gasteiger partial charge in [0.05, 0.1) is 7.11 Å². The molecule has 0 bridgehead atoms.